The average molecular weight is 164 g/mol. The van der Waals surface area contributed by atoms with Gasteiger partial charge in [0.15, 0.2) is 0 Å². The molecule has 1 unspecified atom stereocenters. The molecule has 0 aromatic carbocycles. The minimum atomic E-state index is 0.680. The van der Waals surface area contributed by atoms with Crippen LogP contribution in [-0.4, -0.2) is 12.4 Å². The molecule has 0 radical (unpaired) electrons. The van der Waals surface area contributed by atoms with Gasteiger partial charge < -0.3 is 0 Å². The predicted molar refractivity (Wildman–Crippen MR) is 60.1 cm³/mol. The maximum absolute atomic E-state index is 2.36. The van der Waals surface area contributed by atoms with E-state index in [0.717, 1.165) is 5.92 Å². The zero-order chi connectivity index (χ0) is 9.72. The SMILES string of the molecule is C/C=C(C)/C(C)=B\C(C)C(C)C. The Bertz CT molecular complexity index is 187. The van der Waals surface area contributed by atoms with Crippen LogP contribution in [0.25, 0.3) is 0 Å². The van der Waals surface area contributed by atoms with Gasteiger partial charge >= 0.3 is 77.3 Å². The van der Waals surface area contributed by atoms with Gasteiger partial charge in [0, 0.05) is 0 Å². The first-order chi connectivity index (χ1) is 5.49. The number of hydrogen-bond donors (Lipinski definition) is 0. The van der Waals surface area contributed by atoms with Crippen LogP contribution in [0.5, 0.6) is 0 Å². The summed E-state index contributed by atoms with van der Waals surface area (Å²) >= 11 is 0. The van der Waals surface area contributed by atoms with Crippen LogP contribution in [0.15, 0.2) is 11.6 Å². The van der Waals surface area contributed by atoms with Gasteiger partial charge in [-0.25, -0.2) is 0 Å². The fraction of sp³-hybridized carbons (Fsp3) is 0.727. The zero-order valence-corrected chi connectivity index (χ0v) is 9.31. The molecule has 0 saturated heterocycles. The van der Waals surface area contributed by atoms with Crippen molar-refractivity contribution in [3.63, 3.8) is 0 Å². The summed E-state index contributed by atoms with van der Waals surface area (Å²) in [6.07, 6.45) is 2.17. The van der Waals surface area contributed by atoms with E-state index in [9.17, 15) is 0 Å². The third kappa shape index (κ3) is 3.89. The minimum absolute atomic E-state index is 0.680. The second kappa shape index (κ2) is 5.34. The predicted octanol–water partition coefficient (Wildman–Crippen LogP) is 3.31. The van der Waals surface area contributed by atoms with E-state index < -0.39 is 0 Å². The first kappa shape index (κ1) is 11.7. The topological polar surface area (TPSA) is 0 Å². The second-order valence-corrected chi connectivity index (χ2v) is 3.92. The van der Waals surface area contributed by atoms with Crippen LogP contribution >= 0.6 is 0 Å². The van der Waals surface area contributed by atoms with Gasteiger partial charge in [-0.1, -0.05) is 0 Å². The number of hydrogen-bond acceptors (Lipinski definition) is 0. The Labute approximate surface area is 78.0 Å². The molecule has 1 heteroatoms. The third-order valence-electron chi connectivity index (χ3n) is 2.62. The van der Waals surface area contributed by atoms with Crippen LogP contribution in [-0.2, 0) is 0 Å². The third-order valence-corrected chi connectivity index (χ3v) is 2.62. The normalized spacial score (nSPS) is 16.2. The summed E-state index contributed by atoms with van der Waals surface area (Å²) in [5.41, 5.74) is 2.81. The zero-order valence-electron chi connectivity index (χ0n) is 9.31. The number of rotatable bonds is 3. The Morgan fingerprint density at radius 3 is 2.00 bits per heavy atom. The fourth-order valence-corrected chi connectivity index (χ4v) is 0.946. The summed E-state index contributed by atoms with van der Waals surface area (Å²) in [5.74, 6) is 1.42. The Morgan fingerprint density at radius 1 is 1.17 bits per heavy atom. The van der Waals surface area contributed by atoms with Gasteiger partial charge in [-0.05, 0) is 0 Å². The molecule has 0 aromatic rings. The van der Waals surface area contributed by atoms with Gasteiger partial charge in [-0.3, -0.25) is 0 Å². The van der Waals surface area contributed by atoms with Crippen molar-refractivity contribution >= 4 is 12.4 Å². The van der Waals surface area contributed by atoms with Crippen molar-refractivity contribution in [3.8, 4) is 0 Å². The van der Waals surface area contributed by atoms with Gasteiger partial charge in [0.1, 0.15) is 0 Å². The van der Waals surface area contributed by atoms with Gasteiger partial charge in [-0.2, -0.15) is 0 Å². The van der Waals surface area contributed by atoms with Gasteiger partial charge in [0.25, 0.3) is 0 Å². The molecule has 0 fully saturated rings. The van der Waals surface area contributed by atoms with E-state index in [1.807, 2.05) is 0 Å². The standard InChI is InChI=1S/C11H21B/c1-7-9(4)11(6)12-10(5)8(2)3/h7-8,10H,1-6H3/b9-7+. The van der Waals surface area contributed by atoms with Crippen molar-refractivity contribution in [1.82, 2.24) is 0 Å². The maximum atomic E-state index is 2.36. The van der Waals surface area contributed by atoms with Crippen molar-refractivity contribution in [2.45, 2.75) is 47.4 Å². The van der Waals surface area contributed by atoms with Crippen molar-refractivity contribution in [1.29, 1.82) is 0 Å². The molecule has 0 nitrogen and oxygen atoms in total. The van der Waals surface area contributed by atoms with E-state index in [2.05, 4.69) is 54.5 Å². The molecule has 68 valence electrons. The molecule has 12 heavy (non-hydrogen) atoms. The van der Waals surface area contributed by atoms with Gasteiger partial charge in [-0.15, -0.1) is 0 Å². The summed E-state index contributed by atoms with van der Waals surface area (Å²) < 4.78 is 0. The summed E-state index contributed by atoms with van der Waals surface area (Å²) in [6, 6.07) is 0. The molecule has 0 spiro atoms. The van der Waals surface area contributed by atoms with Crippen LogP contribution in [0.3, 0.4) is 0 Å². The van der Waals surface area contributed by atoms with E-state index >= 15 is 0 Å². The molecule has 0 aliphatic rings. The van der Waals surface area contributed by atoms with E-state index in [1.165, 1.54) is 11.0 Å². The van der Waals surface area contributed by atoms with Crippen molar-refractivity contribution in [3.05, 3.63) is 11.6 Å². The Morgan fingerprint density at radius 2 is 1.67 bits per heavy atom. The summed E-state index contributed by atoms with van der Waals surface area (Å²) in [5, 5.41) is 0. The first-order valence-electron chi connectivity index (χ1n) is 4.80. The average Bonchev–Trinajstić information content (AvgIpc) is 2.02. The summed E-state index contributed by atoms with van der Waals surface area (Å²) in [4.78, 5) is 0. The van der Waals surface area contributed by atoms with Crippen molar-refractivity contribution in [2.24, 2.45) is 5.92 Å². The molecular weight excluding hydrogens is 143 g/mol. The van der Waals surface area contributed by atoms with Crippen LogP contribution in [0, 0.1) is 5.92 Å². The van der Waals surface area contributed by atoms with Crippen molar-refractivity contribution < 1.29 is 0 Å². The molecular formula is C11H21B. The Balaban J connectivity index is 4.35. The van der Waals surface area contributed by atoms with E-state index in [-0.39, 0.29) is 0 Å². The molecule has 0 amide bonds. The quantitative estimate of drug-likeness (QED) is 0.561. The van der Waals surface area contributed by atoms with Crippen molar-refractivity contribution in [2.75, 3.05) is 0 Å². The fourth-order valence-electron chi connectivity index (χ4n) is 0.946. The molecule has 0 aliphatic heterocycles. The summed E-state index contributed by atoms with van der Waals surface area (Å²) in [6.45, 7) is 15.6. The monoisotopic (exact) mass is 164 g/mol. The van der Waals surface area contributed by atoms with Crippen LogP contribution in [0.2, 0.25) is 5.82 Å². The summed E-state index contributed by atoms with van der Waals surface area (Å²) in [7, 11) is 0. The first-order valence-corrected chi connectivity index (χ1v) is 4.80. The van der Waals surface area contributed by atoms with Gasteiger partial charge in [0.2, 0.25) is 0 Å². The second-order valence-electron chi connectivity index (χ2n) is 3.92. The molecule has 0 bridgehead atoms. The van der Waals surface area contributed by atoms with Crippen LogP contribution in [0.4, 0.5) is 0 Å². The molecule has 0 N–H and O–H groups in total. The van der Waals surface area contributed by atoms with E-state index in [4.69, 9.17) is 0 Å². The molecule has 0 aliphatic carbocycles. The Kier molecular flexibility index (Phi) is 5.20. The molecule has 0 heterocycles. The van der Waals surface area contributed by atoms with E-state index in [1.54, 1.807) is 0 Å². The van der Waals surface area contributed by atoms with Crippen LogP contribution < -0.4 is 0 Å². The van der Waals surface area contributed by atoms with E-state index in [0.29, 0.717) is 5.82 Å². The molecule has 0 saturated carbocycles. The number of allylic oxidation sites excluding steroid dienone is 2. The molecule has 0 rings (SSSR count). The van der Waals surface area contributed by atoms with Gasteiger partial charge in [0.05, 0.1) is 0 Å². The Hall–Kier alpha value is -0.325. The van der Waals surface area contributed by atoms with Crippen LogP contribution in [0.1, 0.15) is 41.5 Å². The molecule has 1 atom stereocenters. The molecule has 0 aromatic heterocycles.